The van der Waals surface area contributed by atoms with Gasteiger partial charge < -0.3 is 10.2 Å². The van der Waals surface area contributed by atoms with Crippen molar-refractivity contribution in [1.29, 1.82) is 0 Å². The van der Waals surface area contributed by atoms with Gasteiger partial charge in [0.1, 0.15) is 12.6 Å². The van der Waals surface area contributed by atoms with Gasteiger partial charge in [0, 0.05) is 37.2 Å². The first-order chi connectivity index (χ1) is 15.5. The van der Waals surface area contributed by atoms with Crippen LogP contribution in [-0.2, 0) is 26.3 Å². The molecule has 0 heterocycles. The predicted octanol–water partition coefficient (Wildman–Crippen LogP) is 3.16. The molecule has 8 nitrogen and oxygen atoms in total. The number of hydrogen-bond donors (Lipinski definition) is 1. The van der Waals surface area contributed by atoms with Crippen molar-refractivity contribution in [3.63, 3.8) is 0 Å². The molecule has 0 fully saturated rings. The third kappa shape index (κ3) is 6.83. The molecule has 0 aromatic heterocycles. The van der Waals surface area contributed by atoms with Crippen LogP contribution in [0.25, 0.3) is 0 Å². The molecule has 0 spiro atoms. The molecule has 0 aliphatic heterocycles. The Hall–Kier alpha value is -2.33. The summed E-state index contributed by atoms with van der Waals surface area (Å²) in [4.78, 5) is 27.4. The summed E-state index contributed by atoms with van der Waals surface area (Å²) in [7, 11) is -1.21. The third-order valence-electron chi connectivity index (χ3n) is 4.94. The Labute approximate surface area is 205 Å². The van der Waals surface area contributed by atoms with Crippen molar-refractivity contribution >= 4 is 50.9 Å². The van der Waals surface area contributed by atoms with Crippen LogP contribution in [0.3, 0.4) is 0 Å². The first-order valence-corrected chi connectivity index (χ1v) is 12.4. The average Bonchev–Trinajstić information content (AvgIpc) is 2.76. The molecule has 2 amide bonds. The molecule has 2 aromatic rings. The highest BCUT2D eigenvalue weighted by atomic mass is 35.5. The third-order valence-corrected chi connectivity index (χ3v) is 7.34. The first-order valence-electron chi connectivity index (χ1n) is 10.2. The molecule has 2 aromatic carbocycles. The van der Waals surface area contributed by atoms with Crippen LogP contribution in [0.15, 0.2) is 48.5 Å². The molecule has 0 unspecified atom stereocenters. The normalized spacial score (nSPS) is 12.3. The standard InChI is InChI=1S/C22H28Cl2N4O4S/c1-5-25-22(30)16(2)27(14-17-11-12-18(23)13-20(17)24)21(29)15-28(33(31,32)26(3)4)19-9-7-6-8-10-19/h6-13,16H,5,14-15H2,1-4H3,(H,25,30)/t16-/m0/s1. The van der Waals surface area contributed by atoms with Gasteiger partial charge in [-0.15, -0.1) is 0 Å². The molecule has 180 valence electrons. The van der Waals surface area contributed by atoms with E-state index in [1.807, 2.05) is 0 Å². The van der Waals surface area contributed by atoms with E-state index in [-0.39, 0.29) is 12.5 Å². The number of nitrogens with one attached hydrogen (secondary N) is 1. The highest BCUT2D eigenvalue weighted by molar-refractivity contribution is 7.90. The zero-order valence-electron chi connectivity index (χ0n) is 19.0. The van der Waals surface area contributed by atoms with Gasteiger partial charge in [-0.05, 0) is 43.7 Å². The second-order valence-corrected chi connectivity index (χ2v) is 10.4. The van der Waals surface area contributed by atoms with Gasteiger partial charge in [0.05, 0.1) is 5.69 Å². The lowest BCUT2D eigenvalue weighted by Gasteiger charge is -2.33. The Morgan fingerprint density at radius 3 is 2.24 bits per heavy atom. The number of halogens is 2. The minimum atomic E-state index is -3.99. The fraction of sp³-hybridized carbons (Fsp3) is 0.364. The molecule has 0 aliphatic rings. The number of para-hydroxylation sites is 1. The Morgan fingerprint density at radius 2 is 1.70 bits per heavy atom. The Bertz CT molecular complexity index is 1080. The van der Waals surface area contributed by atoms with Crippen molar-refractivity contribution in [2.45, 2.75) is 26.4 Å². The van der Waals surface area contributed by atoms with Crippen molar-refractivity contribution in [2.24, 2.45) is 0 Å². The highest BCUT2D eigenvalue weighted by Crippen LogP contribution is 2.24. The summed E-state index contributed by atoms with van der Waals surface area (Å²) in [6.07, 6.45) is 0. The number of benzene rings is 2. The van der Waals surface area contributed by atoms with Crippen molar-refractivity contribution in [3.8, 4) is 0 Å². The molecule has 0 radical (unpaired) electrons. The molecule has 0 bridgehead atoms. The van der Waals surface area contributed by atoms with E-state index in [2.05, 4.69) is 5.32 Å². The molecule has 1 atom stereocenters. The molecule has 0 saturated carbocycles. The van der Waals surface area contributed by atoms with E-state index >= 15 is 0 Å². The maximum Gasteiger partial charge on any atom is 0.304 e. The number of carbonyl (C=O) groups excluding carboxylic acids is 2. The van der Waals surface area contributed by atoms with Crippen LogP contribution in [0.1, 0.15) is 19.4 Å². The van der Waals surface area contributed by atoms with Crippen LogP contribution in [0.5, 0.6) is 0 Å². The maximum absolute atomic E-state index is 13.5. The van der Waals surface area contributed by atoms with Crippen LogP contribution >= 0.6 is 23.2 Å². The van der Waals surface area contributed by atoms with Crippen LogP contribution in [0, 0.1) is 0 Å². The van der Waals surface area contributed by atoms with E-state index in [9.17, 15) is 18.0 Å². The number of rotatable bonds is 10. The van der Waals surface area contributed by atoms with Crippen LogP contribution in [0.4, 0.5) is 5.69 Å². The van der Waals surface area contributed by atoms with E-state index < -0.39 is 28.7 Å². The number of nitrogens with zero attached hydrogens (tertiary/aromatic N) is 3. The van der Waals surface area contributed by atoms with Gasteiger partial charge in [0.15, 0.2) is 0 Å². The van der Waals surface area contributed by atoms with Gasteiger partial charge in [-0.1, -0.05) is 47.5 Å². The molecular formula is C22H28Cl2N4O4S. The van der Waals surface area contributed by atoms with E-state index in [1.54, 1.807) is 62.4 Å². The smallest absolute Gasteiger partial charge is 0.304 e. The number of likely N-dealkylation sites (N-methyl/N-ethyl adjacent to an activating group) is 1. The molecular weight excluding hydrogens is 487 g/mol. The number of hydrogen-bond acceptors (Lipinski definition) is 4. The van der Waals surface area contributed by atoms with E-state index in [4.69, 9.17) is 23.2 Å². The minimum absolute atomic E-state index is 0.00220. The predicted molar refractivity (Wildman–Crippen MR) is 132 cm³/mol. The summed E-state index contributed by atoms with van der Waals surface area (Å²) in [6.45, 7) is 3.24. The number of amides is 2. The van der Waals surface area contributed by atoms with Crippen molar-refractivity contribution < 1.29 is 18.0 Å². The Balaban J connectivity index is 2.45. The topological polar surface area (TPSA) is 90.0 Å². The van der Waals surface area contributed by atoms with E-state index in [1.165, 1.54) is 19.0 Å². The average molecular weight is 515 g/mol. The molecule has 1 N–H and O–H groups in total. The second kappa shape index (κ2) is 11.7. The van der Waals surface area contributed by atoms with Crippen LogP contribution < -0.4 is 9.62 Å². The van der Waals surface area contributed by atoms with Crippen molar-refractivity contribution in [1.82, 2.24) is 14.5 Å². The van der Waals surface area contributed by atoms with Gasteiger partial charge >= 0.3 is 10.2 Å². The zero-order valence-corrected chi connectivity index (χ0v) is 21.3. The number of carbonyl (C=O) groups is 2. The Kier molecular flexibility index (Phi) is 9.54. The van der Waals surface area contributed by atoms with Crippen molar-refractivity contribution in [3.05, 3.63) is 64.1 Å². The quantitative estimate of drug-likeness (QED) is 0.527. The highest BCUT2D eigenvalue weighted by Gasteiger charge is 2.32. The molecule has 2 rings (SSSR count). The largest absolute Gasteiger partial charge is 0.355 e. The lowest BCUT2D eigenvalue weighted by molar-refractivity contribution is -0.139. The Morgan fingerprint density at radius 1 is 1.06 bits per heavy atom. The van der Waals surface area contributed by atoms with Crippen molar-refractivity contribution in [2.75, 3.05) is 31.5 Å². The summed E-state index contributed by atoms with van der Waals surface area (Å²) < 4.78 is 28.1. The van der Waals surface area contributed by atoms with Crippen LogP contribution in [-0.4, -0.2) is 62.7 Å². The summed E-state index contributed by atoms with van der Waals surface area (Å²) in [5, 5.41) is 3.47. The minimum Gasteiger partial charge on any atom is -0.355 e. The monoisotopic (exact) mass is 514 g/mol. The molecule has 11 heteroatoms. The summed E-state index contributed by atoms with van der Waals surface area (Å²) in [6, 6.07) is 12.3. The van der Waals surface area contributed by atoms with Gasteiger partial charge in [0.25, 0.3) is 0 Å². The fourth-order valence-electron chi connectivity index (χ4n) is 3.05. The summed E-state index contributed by atoms with van der Waals surface area (Å²) >= 11 is 12.3. The molecule has 0 aliphatic carbocycles. The molecule has 0 saturated heterocycles. The summed E-state index contributed by atoms with van der Waals surface area (Å²) in [5.41, 5.74) is 0.905. The number of anilines is 1. The molecule has 33 heavy (non-hydrogen) atoms. The van der Waals surface area contributed by atoms with E-state index in [0.717, 1.165) is 8.61 Å². The lowest BCUT2D eigenvalue weighted by Crippen LogP contribution is -2.52. The maximum atomic E-state index is 13.5. The van der Waals surface area contributed by atoms with Gasteiger partial charge in [0.2, 0.25) is 11.8 Å². The van der Waals surface area contributed by atoms with Gasteiger partial charge in [-0.25, -0.2) is 4.31 Å². The van der Waals surface area contributed by atoms with Gasteiger partial charge in [-0.3, -0.25) is 9.59 Å². The van der Waals surface area contributed by atoms with E-state index in [0.29, 0.717) is 27.8 Å². The SMILES string of the molecule is CCNC(=O)[C@H](C)N(Cc1ccc(Cl)cc1Cl)C(=O)CN(c1ccccc1)S(=O)(=O)N(C)C. The zero-order chi connectivity index (χ0) is 24.8. The van der Waals surface area contributed by atoms with Crippen LogP contribution in [0.2, 0.25) is 10.0 Å². The summed E-state index contributed by atoms with van der Waals surface area (Å²) in [5.74, 6) is -0.924. The lowest BCUT2D eigenvalue weighted by atomic mass is 10.1. The second-order valence-electron chi connectivity index (χ2n) is 7.46. The first kappa shape index (κ1) is 26.9. The fourth-order valence-corrected chi connectivity index (χ4v) is 4.57. The van der Waals surface area contributed by atoms with Gasteiger partial charge in [-0.2, -0.15) is 12.7 Å².